The standard InChI is InChI=1S/C46H48FN5O4/c1-3-25-50(46(56)48-28-33-19-23-39(47)24-20-33)51-31-44(54)52-41(45(55)49(30-43(51)52)29-38-15-10-14-36-11-8-9-16-40(36)38)26-32-17-21-35(22-18-32)34(4-2)27-42(53)37-12-6-5-7-13-37/h5-24,34,41,43H,3-4,25-31H2,1-2H3,(H,48,56)/t34?,41-,43+/m0/s1. The Bertz CT molecular complexity index is 2170. The van der Waals surface area contributed by atoms with Crippen molar-refractivity contribution in [2.24, 2.45) is 0 Å². The highest BCUT2D eigenvalue weighted by Gasteiger charge is 2.52. The second-order valence-electron chi connectivity index (χ2n) is 14.7. The molecule has 0 aromatic heterocycles. The molecule has 0 bridgehead atoms. The molecule has 2 saturated heterocycles. The highest BCUT2D eigenvalue weighted by Crippen LogP contribution is 2.32. The van der Waals surface area contributed by atoms with Gasteiger partial charge in [0.15, 0.2) is 5.78 Å². The number of hydrogen-bond acceptors (Lipinski definition) is 5. The van der Waals surface area contributed by atoms with Gasteiger partial charge in [-0.25, -0.2) is 9.18 Å². The number of hydrogen-bond donors (Lipinski definition) is 1. The number of nitrogens with one attached hydrogen (secondary N) is 1. The van der Waals surface area contributed by atoms with Crippen LogP contribution < -0.4 is 5.32 Å². The van der Waals surface area contributed by atoms with Gasteiger partial charge in [0.1, 0.15) is 18.0 Å². The fraction of sp³-hybridized carbons (Fsp3) is 0.304. The summed E-state index contributed by atoms with van der Waals surface area (Å²) in [5.74, 6) is -0.566. The molecular weight excluding hydrogens is 706 g/mol. The molecule has 5 aromatic rings. The van der Waals surface area contributed by atoms with Crippen LogP contribution in [-0.4, -0.2) is 75.3 Å². The summed E-state index contributed by atoms with van der Waals surface area (Å²) < 4.78 is 13.5. The van der Waals surface area contributed by atoms with Gasteiger partial charge in [-0.05, 0) is 63.9 Å². The van der Waals surface area contributed by atoms with E-state index in [-0.39, 0.29) is 55.0 Å². The first-order valence-corrected chi connectivity index (χ1v) is 19.5. The molecule has 7 rings (SSSR count). The lowest BCUT2D eigenvalue weighted by Crippen LogP contribution is -2.66. The van der Waals surface area contributed by atoms with Gasteiger partial charge in [-0.3, -0.25) is 19.4 Å². The predicted octanol–water partition coefficient (Wildman–Crippen LogP) is 7.71. The third kappa shape index (κ3) is 8.35. The summed E-state index contributed by atoms with van der Waals surface area (Å²) in [5, 5.41) is 8.48. The molecule has 0 saturated carbocycles. The maximum atomic E-state index is 14.6. The summed E-state index contributed by atoms with van der Waals surface area (Å²) in [6, 6.07) is 36.4. The highest BCUT2D eigenvalue weighted by molar-refractivity contribution is 5.96. The third-order valence-electron chi connectivity index (χ3n) is 11.0. The average molecular weight is 754 g/mol. The number of carbonyl (C=O) groups is 4. The molecule has 2 heterocycles. The lowest BCUT2D eigenvalue weighted by atomic mass is 9.88. The van der Waals surface area contributed by atoms with Gasteiger partial charge in [-0.1, -0.05) is 123 Å². The maximum Gasteiger partial charge on any atom is 0.332 e. The molecule has 5 aromatic carbocycles. The molecule has 3 atom stereocenters. The summed E-state index contributed by atoms with van der Waals surface area (Å²) >= 11 is 0. The van der Waals surface area contributed by atoms with Crippen LogP contribution in [0.2, 0.25) is 0 Å². The number of amides is 4. The van der Waals surface area contributed by atoms with Crippen LogP contribution in [0.4, 0.5) is 9.18 Å². The molecule has 56 heavy (non-hydrogen) atoms. The maximum absolute atomic E-state index is 14.6. The number of nitrogens with zero attached hydrogens (tertiary/aromatic N) is 4. The van der Waals surface area contributed by atoms with E-state index in [1.165, 1.54) is 12.1 Å². The molecule has 0 radical (unpaired) electrons. The summed E-state index contributed by atoms with van der Waals surface area (Å²) in [6.45, 7) is 5.13. The van der Waals surface area contributed by atoms with Gasteiger partial charge in [0.05, 0.1) is 13.1 Å². The van der Waals surface area contributed by atoms with E-state index in [4.69, 9.17) is 0 Å². The molecule has 1 unspecified atom stereocenters. The minimum atomic E-state index is -0.792. The van der Waals surface area contributed by atoms with E-state index in [2.05, 4.69) is 30.4 Å². The van der Waals surface area contributed by atoms with Crippen LogP contribution in [0.3, 0.4) is 0 Å². The highest BCUT2D eigenvalue weighted by atomic mass is 19.1. The zero-order valence-electron chi connectivity index (χ0n) is 31.9. The Hall–Kier alpha value is -5.87. The smallest absolute Gasteiger partial charge is 0.332 e. The number of Topliss-reactive ketones (excluding diaryl/α,β-unsaturated/α-hetero) is 1. The quantitative estimate of drug-likeness (QED) is 0.117. The molecule has 10 heteroatoms. The number of benzene rings is 5. The molecule has 4 amide bonds. The van der Waals surface area contributed by atoms with E-state index >= 15 is 0 Å². The normalized spacial score (nSPS) is 17.6. The Morgan fingerprint density at radius 3 is 2.27 bits per heavy atom. The number of fused-ring (bicyclic) bond motifs is 2. The average Bonchev–Trinajstić information content (AvgIpc) is 3.55. The van der Waals surface area contributed by atoms with Crippen molar-refractivity contribution in [3.05, 3.63) is 155 Å². The van der Waals surface area contributed by atoms with E-state index in [1.807, 2.05) is 90.7 Å². The monoisotopic (exact) mass is 753 g/mol. The largest absolute Gasteiger partial charge is 0.333 e. The van der Waals surface area contributed by atoms with E-state index in [0.717, 1.165) is 39.4 Å². The van der Waals surface area contributed by atoms with Crippen LogP contribution in [0, 0.1) is 5.82 Å². The first kappa shape index (κ1) is 38.4. The Kier molecular flexibility index (Phi) is 11.9. The minimum absolute atomic E-state index is 0.0427. The van der Waals surface area contributed by atoms with Gasteiger partial charge >= 0.3 is 6.03 Å². The molecule has 0 spiro atoms. The van der Waals surface area contributed by atoms with Gasteiger partial charge in [-0.15, -0.1) is 0 Å². The molecular formula is C46H48FN5O4. The topological polar surface area (TPSA) is 93.3 Å². The van der Waals surface area contributed by atoms with Crippen LogP contribution in [-0.2, 0) is 29.1 Å². The van der Waals surface area contributed by atoms with Crippen LogP contribution >= 0.6 is 0 Å². The summed E-state index contributed by atoms with van der Waals surface area (Å²) in [4.78, 5) is 59.1. The first-order valence-electron chi connectivity index (χ1n) is 19.5. The van der Waals surface area contributed by atoms with E-state index in [1.54, 1.807) is 27.1 Å². The van der Waals surface area contributed by atoms with E-state index < -0.39 is 12.2 Å². The molecule has 2 aliphatic rings. The second kappa shape index (κ2) is 17.3. The molecule has 9 nitrogen and oxygen atoms in total. The van der Waals surface area contributed by atoms with E-state index in [9.17, 15) is 23.6 Å². The van der Waals surface area contributed by atoms with Gasteiger partial charge in [0, 0.05) is 38.0 Å². The fourth-order valence-electron chi connectivity index (χ4n) is 8.07. The van der Waals surface area contributed by atoms with Gasteiger partial charge < -0.3 is 15.1 Å². The lowest BCUT2D eigenvalue weighted by Gasteiger charge is -2.46. The van der Waals surface area contributed by atoms with Crippen molar-refractivity contribution < 1.29 is 23.6 Å². The predicted molar refractivity (Wildman–Crippen MR) is 215 cm³/mol. The van der Waals surface area contributed by atoms with Crippen molar-refractivity contribution in [2.45, 2.75) is 70.7 Å². The molecule has 2 aliphatic heterocycles. The van der Waals surface area contributed by atoms with Crippen LogP contribution in [0.1, 0.15) is 71.6 Å². The van der Waals surface area contributed by atoms with Crippen LogP contribution in [0.5, 0.6) is 0 Å². The Labute approximate surface area is 327 Å². The minimum Gasteiger partial charge on any atom is -0.333 e. The van der Waals surface area contributed by atoms with Crippen LogP contribution in [0.25, 0.3) is 10.8 Å². The Morgan fingerprint density at radius 2 is 1.54 bits per heavy atom. The van der Waals surface area contributed by atoms with Crippen molar-refractivity contribution >= 4 is 34.4 Å². The van der Waals surface area contributed by atoms with Gasteiger partial charge in [-0.2, -0.15) is 5.01 Å². The zero-order chi connectivity index (χ0) is 39.2. The van der Waals surface area contributed by atoms with Crippen molar-refractivity contribution in [2.75, 3.05) is 19.6 Å². The van der Waals surface area contributed by atoms with Crippen LogP contribution in [0.15, 0.2) is 121 Å². The summed E-state index contributed by atoms with van der Waals surface area (Å²) in [6.07, 6.45) is 1.57. The molecule has 288 valence electrons. The summed E-state index contributed by atoms with van der Waals surface area (Å²) in [7, 11) is 0. The van der Waals surface area contributed by atoms with Gasteiger partial charge in [0.25, 0.3) is 0 Å². The van der Waals surface area contributed by atoms with Crippen molar-refractivity contribution in [3.63, 3.8) is 0 Å². The summed E-state index contributed by atoms with van der Waals surface area (Å²) in [5.41, 5.74) is 4.40. The number of rotatable bonds is 14. The molecule has 2 fully saturated rings. The Morgan fingerprint density at radius 1 is 0.839 bits per heavy atom. The van der Waals surface area contributed by atoms with Crippen molar-refractivity contribution in [1.82, 2.24) is 25.1 Å². The zero-order valence-corrected chi connectivity index (χ0v) is 31.9. The molecule has 0 aliphatic carbocycles. The number of carbonyl (C=O) groups excluding carboxylic acids is 4. The number of halogens is 1. The third-order valence-corrected chi connectivity index (χ3v) is 11.0. The van der Waals surface area contributed by atoms with Crippen molar-refractivity contribution in [3.8, 4) is 0 Å². The first-order chi connectivity index (χ1) is 27.2. The number of hydrazine groups is 1. The SMILES string of the molecule is CCCN(C(=O)NCc1ccc(F)cc1)N1CC(=O)N2[C@@H](Cc3ccc(C(CC)CC(=O)c4ccccc4)cc3)C(=O)N(Cc3cccc4ccccc34)C[C@@H]21. The molecule has 1 N–H and O–H groups in total. The number of ketones is 1. The van der Waals surface area contributed by atoms with Gasteiger partial charge in [0.2, 0.25) is 11.8 Å². The Balaban J connectivity index is 1.15. The van der Waals surface area contributed by atoms with E-state index in [0.29, 0.717) is 37.9 Å². The lowest BCUT2D eigenvalue weighted by molar-refractivity contribution is -0.157. The second-order valence-corrected chi connectivity index (χ2v) is 14.7. The number of urea groups is 1. The number of piperazine rings is 1. The van der Waals surface area contributed by atoms with Crippen molar-refractivity contribution in [1.29, 1.82) is 0 Å². The fourth-order valence-corrected chi connectivity index (χ4v) is 8.07.